The molecule has 52 valence electrons. The van der Waals surface area contributed by atoms with Gasteiger partial charge in [0, 0.05) is 26.0 Å². The summed E-state index contributed by atoms with van der Waals surface area (Å²) in [5.74, 6) is 0. The number of aryl methyl sites for hydroxylation is 1. The van der Waals surface area contributed by atoms with Gasteiger partial charge in [-0.05, 0) is 19.1 Å². The molecule has 1 N–H and O–H groups in total. The molecule has 1 aromatic heterocycles. The first-order valence-corrected chi connectivity index (χ1v) is 2.99. The molecule has 1 heterocycles. The lowest BCUT2D eigenvalue weighted by Crippen LogP contribution is -1.75. The van der Waals surface area contributed by atoms with Gasteiger partial charge in [-0.25, -0.2) is 0 Å². The molecule has 2 nitrogen and oxygen atoms in total. The molecule has 0 aliphatic rings. The van der Waals surface area contributed by atoms with Crippen LogP contribution in [-0.4, -0.2) is 16.3 Å². The smallest absolute Gasteiger partial charge is 0.0402 e. The lowest BCUT2D eigenvalue weighted by Gasteiger charge is -1.79. The minimum absolute atomic E-state index is 0.250. The Morgan fingerprint density at radius 1 is 1.33 bits per heavy atom. The van der Waals surface area contributed by atoms with Crippen LogP contribution in [0.2, 0.25) is 0 Å². The van der Waals surface area contributed by atoms with Crippen molar-refractivity contribution in [1.82, 2.24) is 4.57 Å². The van der Waals surface area contributed by atoms with Crippen LogP contribution in [0.5, 0.6) is 0 Å². The maximum Gasteiger partial charge on any atom is 0.0402 e. The van der Waals surface area contributed by atoms with Gasteiger partial charge in [0.05, 0.1) is 0 Å². The van der Waals surface area contributed by atoms with E-state index in [2.05, 4.69) is 0 Å². The number of hydrogen-bond donors (Lipinski definition) is 1. The van der Waals surface area contributed by atoms with Crippen LogP contribution < -0.4 is 0 Å². The summed E-state index contributed by atoms with van der Waals surface area (Å²) in [5.41, 5.74) is 0. The predicted octanol–water partition coefficient (Wildman–Crippen LogP) is 1.02. The summed E-state index contributed by atoms with van der Waals surface area (Å²) in [6, 6.07) is 4.00. The zero-order valence-electron chi connectivity index (χ0n) is 5.91. The molecule has 0 radical (unpaired) electrons. The highest BCUT2D eigenvalue weighted by atomic mass is 16.2. The van der Waals surface area contributed by atoms with Gasteiger partial charge in [0.2, 0.25) is 0 Å². The van der Waals surface area contributed by atoms with Gasteiger partial charge in [0.15, 0.2) is 0 Å². The van der Waals surface area contributed by atoms with Crippen molar-refractivity contribution in [1.29, 1.82) is 0 Å². The van der Waals surface area contributed by atoms with E-state index in [1.165, 1.54) is 0 Å². The fraction of sp³-hybridized carbons (Fsp3) is 0.429. The fourth-order valence-electron chi connectivity index (χ4n) is 0.421. The van der Waals surface area contributed by atoms with Crippen molar-refractivity contribution >= 4 is 0 Å². The molecule has 0 amide bonds. The van der Waals surface area contributed by atoms with Gasteiger partial charge in [-0.3, -0.25) is 0 Å². The third kappa shape index (κ3) is 5.11. The monoisotopic (exact) mass is 127 g/mol. The summed E-state index contributed by atoms with van der Waals surface area (Å²) in [7, 11) is 2.00. The molecule has 0 aliphatic heterocycles. The molecule has 1 rings (SSSR count). The number of rotatable bonds is 0. The average Bonchev–Trinajstić information content (AvgIpc) is 2.20. The lowest BCUT2D eigenvalue weighted by molar-refractivity contribution is 0.318. The molecule has 0 unspecified atom stereocenters. The van der Waals surface area contributed by atoms with Crippen molar-refractivity contribution in [2.45, 2.75) is 6.92 Å². The van der Waals surface area contributed by atoms with Crippen LogP contribution in [0.1, 0.15) is 6.92 Å². The molecule has 0 bridgehead atoms. The minimum atomic E-state index is 0.250. The van der Waals surface area contributed by atoms with Crippen molar-refractivity contribution in [3.8, 4) is 0 Å². The molecule has 0 atom stereocenters. The van der Waals surface area contributed by atoms with Gasteiger partial charge >= 0.3 is 0 Å². The van der Waals surface area contributed by atoms with E-state index in [-0.39, 0.29) is 6.61 Å². The highest BCUT2D eigenvalue weighted by Crippen LogP contribution is 1.80. The van der Waals surface area contributed by atoms with Gasteiger partial charge in [-0.15, -0.1) is 0 Å². The normalized spacial score (nSPS) is 7.89. The van der Waals surface area contributed by atoms with Gasteiger partial charge in [-0.2, -0.15) is 0 Å². The van der Waals surface area contributed by atoms with Crippen LogP contribution in [0, 0.1) is 0 Å². The summed E-state index contributed by atoms with van der Waals surface area (Å²) in [4.78, 5) is 0. The van der Waals surface area contributed by atoms with Crippen LogP contribution >= 0.6 is 0 Å². The largest absolute Gasteiger partial charge is 0.397 e. The molecule has 0 saturated heterocycles. The van der Waals surface area contributed by atoms with Gasteiger partial charge in [-0.1, -0.05) is 0 Å². The number of nitrogens with zero attached hydrogens (tertiary/aromatic N) is 1. The average molecular weight is 127 g/mol. The maximum atomic E-state index is 7.57. The van der Waals surface area contributed by atoms with Crippen LogP contribution in [0.3, 0.4) is 0 Å². The summed E-state index contributed by atoms with van der Waals surface area (Å²) < 4.78 is 2.00. The van der Waals surface area contributed by atoms with Gasteiger partial charge in [0.1, 0.15) is 0 Å². The second kappa shape index (κ2) is 5.38. The zero-order chi connectivity index (χ0) is 7.11. The van der Waals surface area contributed by atoms with Crippen LogP contribution in [0.4, 0.5) is 0 Å². The third-order valence-electron chi connectivity index (χ3n) is 0.754. The number of aromatic nitrogens is 1. The Labute approximate surface area is 55.7 Å². The fourth-order valence-corrected chi connectivity index (χ4v) is 0.421. The highest BCUT2D eigenvalue weighted by molar-refractivity contribution is 4.88. The Bertz CT molecular complexity index is 123. The zero-order valence-corrected chi connectivity index (χ0v) is 5.91. The lowest BCUT2D eigenvalue weighted by atomic mass is 10.7. The van der Waals surface area contributed by atoms with Gasteiger partial charge < -0.3 is 9.67 Å². The molecule has 0 aromatic carbocycles. The Morgan fingerprint density at radius 3 is 1.78 bits per heavy atom. The standard InChI is InChI=1S/C5H7N.C2H6O/c1-6-4-2-3-5-6;1-2-3/h2-5H,1H3;3H,2H2,1H3. The van der Waals surface area contributed by atoms with E-state index in [9.17, 15) is 0 Å². The Balaban J connectivity index is 0.000000187. The van der Waals surface area contributed by atoms with E-state index in [1.54, 1.807) is 6.92 Å². The van der Waals surface area contributed by atoms with Crippen molar-refractivity contribution < 1.29 is 5.11 Å². The SMILES string of the molecule is CCO.Cn1cccc1. The van der Waals surface area contributed by atoms with E-state index in [0.717, 1.165) is 0 Å². The summed E-state index contributed by atoms with van der Waals surface area (Å²) in [6.07, 6.45) is 4.00. The van der Waals surface area contributed by atoms with Crippen molar-refractivity contribution in [3.05, 3.63) is 24.5 Å². The van der Waals surface area contributed by atoms with Crippen LogP contribution in [0.25, 0.3) is 0 Å². The molecule has 0 saturated carbocycles. The Kier molecular flexibility index (Phi) is 4.92. The molecule has 1 aromatic rings. The Hall–Kier alpha value is -0.760. The van der Waals surface area contributed by atoms with E-state index < -0.39 is 0 Å². The minimum Gasteiger partial charge on any atom is -0.397 e. The predicted molar refractivity (Wildman–Crippen MR) is 38.2 cm³/mol. The number of aliphatic hydroxyl groups excluding tert-OH is 1. The second-order valence-electron chi connectivity index (χ2n) is 1.66. The maximum absolute atomic E-state index is 7.57. The highest BCUT2D eigenvalue weighted by Gasteiger charge is 1.68. The molecule has 9 heavy (non-hydrogen) atoms. The molecule has 2 heteroatoms. The summed E-state index contributed by atoms with van der Waals surface area (Å²) in [5, 5.41) is 7.57. The van der Waals surface area contributed by atoms with Crippen molar-refractivity contribution in [2.75, 3.05) is 6.61 Å². The summed E-state index contributed by atoms with van der Waals surface area (Å²) >= 11 is 0. The number of hydrogen-bond acceptors (Lipinski definition) is 1. The molecular weight excluding hydrogens is 114 g/mol. The summed E-state index contributed by atoms with van der Waals surface area (Å²) in [6.45, 7) is 1.93. The van der Waals surface area contributed by atoms with E-state index in [4.69, 9.17) is 5.11 Å². The molecular formula is C7H13NO. The van der Waals surface area contributed by atoms with Crippen molar-refractivity contribution in [3.63, 3.8) is 0 Å². The van der Waals surface area contributed by atoms with E-state index in [0.29, 0.717) is 0 Å². The first-order chi connectivity index (χ1) is 4.31. The van der Waals surface area contributed by atoms with Gasteiger partial charge in [0.25, 0.3) is 0 Å². The third-order valence-corrected chi connectivity index (χ3v) is 0.754. The first-order valence-electron chi connectivity index (χ1n) is 2.99. The topological polar surface area (TPSA) is 25.2 Å². The number of aliphatic hydroxyl groups is 1. The van der Waals surface area contributed by atoms with Crippen LogP contribution in [-0.2, 0) is 7.05 Å². The van der Waals surface area contributed by atoms with Crippen molar-refractivity contribution in [2.24, 2.45) is 7.05 Å². The first kappa shape index (κ1) is 8.24. The molecule has 0 aliphatic carbocycles. The van der Waals surface area contributed by atoms with E-state index >= 15 is 0 Å². The second-order valence-corrected chi connectivity index (χ2v) is 1.66. The quantitative estimate of drug-likeness (QED) is 0.553. The molecule has 0 fully saturated rings. The van der Waals surface area contributed by atoms with Crippen LogP contribution in [0.15, 0.2) is 24.5 Å². The van der Waals surface area contributed by atoms with E-state index in [1.807, 2.05) is 36.1 Å². The molecule has 0 spiro atoms. The Morgan fingerprint density at radius 2 is 1.67 bits per heavy atom.